The van der Waals surface area contributed by atoms with Crippen LogP contribution in [0.1, 0.15) is 47.7 Å². The Morgan fingerprint density at radius 2 is 1.77 bits per heavy atom. The van der Waals surface area contributed by atoms with Crippen molar-refractivity contribution in [1.29, 1.82) is 0 Å². The number of rotatable bonds is 5. The number of benzene rings is 2. The zero-order chi connectivity index (χ0) is 22.1. The van der Waals surface area contributed by atoms with E-state index in [1.54, 1.807) is 24.1 Å². The number of ether oxygens (including phenoxy) is 1. The molecule has 1 aliphatic rings. The van der Waals surface area contributed by atoms with E-state index >= 15 is 0 Å². The van der Waals surface area contributed by atoms with Crippen molar-refractivity contribution in [3.63, 3.8) is 0 Å². The SMILES string of the molecule is COc1ccc(C(=O)N(C)c2cc(C)cc(C)c2)cc1S(=O)(=O)N1CCCCC1C. The predicted molar refractivity (Wildman–Crippen MR) is 119 cm³/mol. The topological polar surface area (TPSA) is 66.9 Å². The van der Waals surface area contributed by atoms with Crippen molar-refractivity contribution >= 4 is 21.6 Å². The number of anilines is 1. The fourth-order valence-electron chi connectivity index (χ4n) is 4.02. The Hall–Kier alpha value is -2.38. The molecule has 0 N–H and O–H groups in total. The van der Waals surface area contributed by atoms with Gasteiger partial charge in [0.1, 0.15) is 10.6 Å². The fourth-order valence-corrected chi connectivity index (χ4v) is 5.90. The zero-order valence-electron chi connectivity index (χ0n) is 18.3. The van der Waals surface area contributed by atoms with Crippen LogP contribution >= 0.6 is 0 Å². The number of hydrogen-bond donors (Lipinski definition) is 0. The third-order valence-corrected chi connectivity index (χ3v) is 7.67. The number of amides is 1. The van der Waals surface area contributed by atoms with Crippen molar-refractivity contribution in [2.45, 2.75) is 51.0 Å². The Morgan fingerprint density at radius 1 is 1.10 bits per heavy atom. The number of hydrogen-bond acceptors (Lipinski definition) is 4. The molecule has 0 aliphatic carbocycles. The first kappa shape index (κ1) is 22.3. The van der Waals surface area contributed by atoms with E-state index in [-0.39, 0.29) is 22.6 Å². The van der Waals surface area contributed by atoms with E-state index in [1.165, 1.54) is 17.5 Å². The molecular formula is C23H30N2O4S. The molecule has 1 heterocycles. The molecule has 1 atom stereocenters. The lowest BCUT2D eigenvalue weighted by atomic mass is 10.1. The number of carbonyl (C=O) groups excluding carboxylic acids is 1. The number of carbonyl (C=O) groups is 1. The van der Waals surface area contributed by atoms with Crippen LogP contribution in [0.4, 0.5) is 5.69 Å². The minimum absolute atomic E-state index is 0.0402. The fraction of sp³-hybridized carbons (Fsp3) is 0.435. The summed E-state index contributed by atoms with van der Waals surface area (Å²) in [6.45, 7) is 6.36. The first-order valence-electron chi connectivity index (χ1n) is 10.2. The normalized spacial score (nSPS) is 17.6. The van der Waals surface area contributed by atoms with Crippen LogP contribution in [-0.4, -0.2) is 45.4 Å². The summed E-state index contributed by atoms with van der Waals surface area (Å²) in [7, 11) is -0.638. The van der Waals surface area contributed by atoms with Crippen LogP contribution in [0.15, 0.2) is 41.3 Å². The molecule has 2 aromatic rings. The summed E-state index contributed by atoms with van der Waals surface area (Å²) in [6.07, 6.45) is 2.68. The number of piperidine rings is 1. The quantitative estimate of drug-likeness (QED) is 0.715. The van der Waals surface area contributed by atoms with Gasteiger partial charge in [0.05, 0.1) is 7.11 Å². The van der Waals surface area contributed by atoms with Gasteiger partial charge in [-0.1, -0.05) is 12.5 Å². The molecule has 1 amide bonds. The van der Waals surface area contributed by atoms with E-state index in [0.717, 1.165) is 36.1 Å². The van der Waals surface area contributed by atoms with Crippen LogP contribution in [0.25, 0.3) is 0 Å². The number of methoxy groups -OCH3 is 1. The average molecular weight is 431 g/mol. The van der Waals surface area contributed by atoms with Gasteiger partial charge in [-0.15, -0.1) is 0 Å². The van der Waals surface area contributed by atoms with Crippen LogP contribution < -0.4 is 9.64 Å². The molecule has 1 fully saturated rings. The number of aryl methyl sites for hydroxylation is 2. The van der Waals surface area contributed by atoms with E-state index in [2.05, 4.69) is 0 Å². The van der Waals surface area contributed by atoms with E-state index < -0.39 is 10.0 Å². The molecule has 0 bridgehead atoms. The molecule has 1 unspecified atom stereocenters. The molecule has 30 heavy (non-hydrogen) atoms. The summed E-state index contributed by atoms with van der Waals surface area (Å²) in [6, 6.07) is 10.4. The van der Waals surface area contributed by atoms with Crippen LogP contribution in [0.3, 0.4) is 0 Å². The predicted octanol–water partition coefficient (Wildman–Crippen LogP) is 4.15. The molecule has 0 aromatic heterocycles. The van der Waals surface area contributed by atoms with Crippen molar-refractivity contribution in [2.24, 2.45) is 0 Å². The summed E-state index contributed by atoms with van der Waals surface area (Å²) < 4.78 is 33.7. The van der Waals surface area contributed by atoms with Crippen LogP contribution in [-0.2, 0) is 10.0 Å². The largest absolute Gasteiger partial charge is 0.495 e. The summed E-state index contributed by atoms with van der Waals surface area (Å²) >= 11 is 0. The van der Waals surface area contributed by atoms with E-state index in [0.29, 0.717) is 12.1 Å². The minimum atomic E-state index is -3.78. The monoisotopic (exact) mass is 430 g/mol. The average Bonchev–Trinajstić information content (AvgIpc) is 2.71. The maximum absolute atomic E-state index is 13.4. The maximum Gasteiger partial charge on any atom is 0.258 e. The van der Waals surface area contributed by atoms with Crippen LogP contribution in [0.5, 0.6) is 5.75 Å². The van der Waals surface area contributed by atoms with Crippen molar-refractivity contribution in [2.75, 3.05) is 25.6 Å². The molecule has 1 aliphatic heterocycles. The van der Waals surface area contributed by atoms with E-state index in [9.17, 15) is 13.2 Å². The first-order valence-corrected chi connectivity index (χ1v) is 11.7. The summed E-state index contributed by atoms with van der Waals surface area (Å²) in [5, 5.41) is 0. The standard InChI is InChI=1S/C23H30N2O4S/c1-16-12-17(2)14-20(13-16)24(4)23(26)19-9-10-21(29-5)22(15-19)30(27,28)25-11-7-6-8-18(25)3/h9-10,12-15,18H,6-8,11H2,1-5H3. The van der Waals surface area contributed by atoms with Crippen molar-refractivity contribution in [1.82, 2.24) is 4.31 Å². The second-order valence-corrected chi connectivity index (χ2v) is 9.90. The van der Waals surface area contributed by atoms with Gasteiger partial charge in [-0.2, -0.15) is 4.31 Å². The number of sulfonamides is 1. The molecule has 7 heteroatoms. The lowest BCUT2D eigenvalue weighted by Gasteiger charge is -2.32. The van der Waals surface area contributed by atoms with E-state index in [1.807, 2.05) is 39.0 Å². The second kappa shape index (κ2) is 8.78. The van der Waals surface area contributed by atoms with Gasteiger partial charge in [0, 0.05) is 30.9 Å². The summed E-state index contributed by atoms with van der Waals surface area (Å²) in [5.41, 5.74) is 3.19. The summed E-state index contributed by atoms with van der Waals surface area (Å²) in [4.78, 5) is 14.7. The Kier molecular flexibility index (Phi) is 6.53. The highest BCUT2D eigenvalue weighted by atomic mass is 32.2. The maximum atomic E-state index is 13.4. The molecule has 0 radical (unpaired) electrons. The smallest absolute Gasteiger partial charge is 0.258 e. The summed E-state index contributed by atoms with van der Waals surface area (Å²) in [5.74, 6) is -0.0239. The van der Waals surface area contributed by atoms with Gasteiger partial charge in [-0.05, 0) is 75.1 Å². The molecule has 162 valence electrons. The lowest BCUT2D eigenvalue weighted by Crippen LogP contribution is -2.42. The highest BCUT2D eigenvalue weighted by Crippen LogP contribution is 2.32. The Labute approximate surface area is 179 Å². The molecule has 1 saturated heterocycles. The van der Waals surface area contributed by atoms with Gasteiger partial charge in [0.15, 0.2) is 0 Å². The van der Waals surface area contributed by atoms with Gasteiger partial charge < -0.3 is 9.64 Å². The third kappa shape index (κ3) is 4.37. The van der Waals surface area contributed by atoms with Crippen molar-refractivity contribution in [3.05, 3.63) is 53.1 Å². The molecule has 6 nitrogen and oxygen atoms in total. The van der Waals surface area contributed by atoms with E-state index in [4.69, 9.17) is 4.74 Å². The zero-order valence-corrected chi connectivity index (χ0v) is 19.1. The lowest BCUT2D eigenvalue weighted by molar-refractivity contribution is 0.0992. The van der Waals surface area contributed by atoms with Gasteiger partial charge in [-0.25, -0.2) is 8.42 Å². The molecular weight excluding hydrogens is 400 g/mol. The molecule has 2 aromatic carbocycles. The Balaban J connectivity index is 2.00. The van der Waals surface area contributed by atoms with Gasteiger partial charge in [0.25, 0.3) is 5.91 Å². The minimum Gasteiger partial charge on any atom is -0.495 e. The van der Waals surface area contributed by atoms with Gasteiger partial charge >= 0.3 is 0 Å². The van der Waals surface area contributed by atoms with Crippen LogP contribution in [0.2, 0.25) is 0 Å². The molecule has 0 spiro atoms. The highest BCUT2D eigenvalue weighted by molar-refractivity contribution is 7.89. The third-order valence-electron chi connectivity index (χ3n) is 5.64. The van der Waals surface area contributed by atoms with Crippen molar-refractivity contribution in [3.8, 4) is 5.75 Å². The Bertz CT molecular complexity index is 1030. The Morgan fingerprint density at radius 3 is 2.37 bits per heavy atom. The van der Waals surface area contributed by atoms with Crippen molar-refractivity contribution < 1.29 is 17.9 Å². The molecule has 0 saturated carbocycles. The van der Waals surface area contributed by atoms with Gasteiger partial charge in [0.2, 0.25) is 10.0 Å². The number of nitrogens with zero attached hydrogens (tertiary/aromatic N) is 2. The highest BCUT2D eigenvalue weighted by Gasteiger charge is 2.33. The molecule has 3 rings (SSSR count). The van der Waals surface area contributed by atoms with Gasteiger partial charge in [-0.3, -0.25) is 4.79 Å². The second-order valence-electron chi connectivity index (χ2n) is 8.04. The van der Waals surface area contributed by atoms with Crippen LogP contribution in [0, 0.1) is 13.8 Å². The first-order chi connectivity index (χ1) is 14.1.